The lowest BCUT2D eigenvalue weighted by Crippen LogP contribution is -2.57. The average molecular weight is 329 g/mol. The molecule has 0 amide bonds. The quantitative estimate of drug-likeness (QED) is 0.556. The number of halogens is 4. The smallest absolute Gasteiger partial charge is 0.377 e. The van der Waals surface area contributed by atoms with Crippen molar-refractivity contribution >= 4 is 23.0 Å². The van der Waals surface area contributed by atoms with Crippen LogP contribution in [0.25, 0.3) is 0 Å². The van der Waals surface area contributed by atoms with E-state index in [1.165, 1.54) is 19.6 Å². The molecule has 0 radical (unpaired) electrons. The molecule has 8 heteroatoms. The van der Waals surface area contributed by atoms with Crippen LogP contribution < -0.4 is 16.5 Å². The Labute approximate surface area is 127 Å². The van der Waals surface area contributed by atoms with Gasteiger partial charge in [0.25, 0.3) is 0 Å². The van der Waals surface area contributed by atoms with Crippen LogP contribution in [0, 0.1) is 0 Å². The van der Waals surface area contributed by atoms with E-state index in [1.807, 2.05) is 6.92 Å². The second kappa shape index (κ2) is 9.70. The van der Waals surface area contributed by atoms with Gasteiger partial charge in [0.1, 0.15) is 0 Å². The van der Waals surface area contributed by atoms with Crippen LogP contribution >= 0.6 is 11.6 Å². The van der Waals surface area contributed by atoms with E-state index in [0.717, 1.165) is 12.5 Å². The largest absolute Gasteiger partial charge is 0.418 e. The topological polar surface area (TPSA) is 60.9 Å². The lowest BCUT2D eigenvalue weighted by Gasteiger charge is -2.18. The van der Waals surface area contributed by atoms with Crippen molar-refractivity contribution in [2.24, 2.45) is 0 Å². The summed E-state index contributed by atoms with van der Waals surface area (Å²) in [5, 5.41) is 3.03. The molecule has 0 aliphatic rings. The molecule has 0 saturated carbocycles. The van der Waals surface area contributed by atoms with Crippen LogP contribution in [0.4, 0.5) is 24.5 Å². The lowest BCUT2D eigenvalue weighted by molar-refractivity contribution is -0.370. The first-order chi connectivity index (χ1) is 9.92. The first-order valence-corrected chi connectivity index (χ1v) is 7.11. The highest BCUT2D eigenvalue weighted by atomic mass is 35.5. The summed E-state index contributed by atoms with van der Waals surface area (Å²) in [6.07, 6.45) is -2.17. The van der Waals surface area contributed by atoms with E-state index < -0.39 is 11.7 Å². The molecule has 0 unspecified atom stereocenters. The van der Waals surface area contributed by atoms with Crippen LogP contribution in [-0.2, 0) is 11.0 Å². The average Bonchev–Trinajstić information content (AvgIpc) is 2.47. The van der Waals surface area contributed by atoms with E-state index in [0.29, 0.717) is 12.2 Å². The molecule has 0 saturated heterocycles. The summed E-state index contributed by atoms with van der Waals surface area (Å²) >= 11 is 4.64. The van der Waals surface area contributed by atoms with E-state index in [9.17, 15) is 13.2 Å². The predicted octanol–water partition coefficient (Wildman–Crippen LogP) is 2.97. The van der Waals surface area contributed by atoms with Gasteiger partial charge in [-0.2, -0.15) is 13.2 Å². The van der Waals surface area contributed by atoms with Crippen LogP contribution in [0.2, 0.25) is 0 Å². The summed E-state index contributed by atoms with van der Waals surface area (Å²) < 4.78 is 38.8. The zero-order chi connectivity index (χ0) is 16.5. The molecule has 0 aromatic heterocycles. The highest BCUT2D eigenvalue weighted by molar-refractivity contribution is 6.15. The van der Waals surface area contributed by atoms with Crippen LogP contribution in [0.15, 0.2) is 18.2 Å². The minimum absolute atomic E-state index is 0.0577. The summed E-state index contributed by atoms with van der Waals surface area (Å²) in [4.78, 5) is 4.55. The Morgan fingerprint density at radius 3 is 2.38 bits per heavy atom. The summed E-state index contributed by atoms with van der Waals surface area (Å²) in [5.41, 5.74) is 5.53. The standard InChI is InChI=1S/C12H18F3N3O.CH3Cl/c1-3-8(7-16)17-9-4-5-11(18-19-2)10(6-9)12(13,14)15;1-2/h4-6,8,17-18H,3,7,16H2,1-2H3;1H3/p+1/t8-;/m1./s1. The Hall–Kier alpha value is -1.18. The number of hydrogen-bond acceptors (Lipinski definition) is 3. The van der Waals surface area contributed by atoms with Gasteiger partial charge in [-0.15, -0.1) is 11.6 Å². The van der Waals surface area contributed by atoms with Crippen molar-refractivity contribution in [1.29, 1.82) is 0 Å². The summed E-state index contributed by atoms with van der Waals surface area (Å²) in [5.74, 6) is 0. The Morgan fingerprint density at radius 1 is 1.33 bits per heavy atom. The molecule has 5 N–H and O–H groups in total. The highest BCUT2D eigenvalue weighted by Gasteiger charge is 2.34. The van der Waals surface area contributed by atoms with E-state index in [-0.39, 0.29) is 11.7 Å². The summed E-state index contributed by atoms with van der Waals surface area (Å²) in [6.45, 7) is 2.56. The number of benzene rings is 1. The van der Waals surface area contributed by atoms with Gasteiger partial charge in [-0.3, -0.25) is 10.3 Å². The molecule has 1 atom stereocenters. The van der Waals surface area contributed by atoms with Crippen molar-refractivity contribution in [2.45, 2.75) is 25.6 Å². The molecule has 0 heterocycles. The fourth-order valence-corrected chi connectivity index (χ4v) is 1.68. The number of anilines is 2. The van der Waals surface area contributed by atoms with E-state index >= 15 is 0 Å². The number of quaternary nitrogens is 1. The van der Waals surface area contributed by atoms with Gasteiger partial charge in [-0.05, 0) is 24.6 Å². The monoisotopic (exact) mass is 328 g/mol. The SMILES string of the molecule is CC[C@H](C[NH3+])Nc1ccc(NOC)c(C(F)(F)F)c1.CCl. The first kappa shape index (κ1) is 19.8. The van der Waals surface area contributed by atoms with Crippen molar-refractivity contribution in [3.05, 3.63) is 23.8 Å². The minimum atomic E-state index is -4.44. The molecule has 122 valence electrons. The molecule has 0 bridgehead atoms. The van der Waals surface area contributed by atoms with Gasteiger partial charge in [0, 0.05) is 12.1 Å². The first-order valence-electron chi connectivity index (χ1n) is 6.36. The maximum atomic E-state index is 12.9. The fourth-order valence-electron chi connectivity index (χ4n) is 1.68. The minimum Gasteiger partial charge on any atom is -0.377 e. The van der Waals surface area contributed by atoms with Gasteiger partial charge >= 0.3 is 6.18 Å². The van der Waals surface area contributed by atoms with Gasteiger partial charge in [-0.1, -0.05) is 6.92 Å². The number of hydrogen-bond donors (Lipinski definition) is 3. The number of rotatable bonds is 6. The summed E-state index contributed by atoms with van der Waals surface area (Å²) in [7, 11) is 1.27. The zero-order valence-corrected chi connectivity index (χ0v) is 13.1. The van der Waals surface area contributed by atoms with E-state index in [1.54, 1.807) is 6.07 Å². The molecule has 1 aromatic rings. The van der Waals surface area contributed by atoms with E-state index in [2.05, 4.69) is 33.0 Å². The third kappa shape index (κ3) is 6.41. The van der Waals surface area contributed by atoms with Crippen LogP contribution in [0.5, 0.6) is 0 Å². The lowest BCUT2D eigenvalue weighted by atomic mass is 10.1. The highest BCUT2D eigenvalue weighted by Crippen LogP contribution is 2.36. The maximum absolute atomic E-state index is 12.9. The van der Waals surface area contributed by atoms with Crippen LogP contribution in [0.1, 0.15) is 18.9 Å². The normalized spacial score (nSPS) is 12.2. The maximum Gasteiger partial charge on any atom is 0.418 e. The second-order valence-corrected chi connectivity index (χ2v) is 4.10. The third-order valence-electron chi connectivity index (χ3n) is 2.75. The van der Waals surface area contributed by atoms with Crippen molar-refractivity contribution < 1.29 is 23.7 Å². The number of nitrogens with one attached hydrogen (secondary N) is 2. The molecule has 0 spiro atoms. The van der Waals surface area contributed by atoms with Crippen molar-refractivity contribution in [3.8, 4) is 0 Å². The van der Waals surface area contributed by atoms with Crippen molar-refractivity contribution in [2.75, 3.05) is 30.8 Å². The van der Waals surface area contributed by atoms with Gasteiger partial charge in [0.2, 0.25) is 0 Å². The van der Waals surface area contributed by atoms with Gasteiger partial charge in [0.15, 0.2) is 0 Å². The molecule has 0 fully saturated rings. The Bertz CT molecular complexity index is 412. The van der Waals surface area contributed by atoms with Gasteiger partial charge in [0.05, 0.1) is 30.9 Å². The Kier molecular flexibility index (Phi) is 9.16. The molecule has 4 nitrogen and oxygen atoms in total. The zero-order valence-electron chi connectivity index (χ0n) is 12.4. The van der Waals surface area contributed by atoms with E-state index in [4.69, 9.17) is 0 Å². The molecule has 0 aliphatic carbocycles. The van der Waals surface area contributed by atoms with Gasteiger partial charge in [-0.25, -0.2) is 0 Å². The molecular weight excluding hydrogens is 307 g/mol. The van der Waals surface area contributed by atoms with Gasteiger partial charge < -0.3 is 11.1 Å². The number of alkyl halides is 4. The predicted molar refractivity (Wildman–Crippen MR) is 79.3 cm³/mol. The Balaban J connectivity index is 0.00000191. The molecule has 1 rings (SSSR count). The van der Waals surface area contributed by atoms with Crippen LogP contribution in [-0.4, -0.2) is 26.1 Å². The third-order valence-corrected chi connectivity index (χ3v) is 2.75. The molecule has 0 aliphatic heterocycles. The fraction of sp³-hybridized carbons (Fsp3) is 0.538. The molecule has 1 aromatic carbocycles. The molecule has 21 heavy (non-hydrogen) atoms. The molecular formula is C13H22ClF3N3O+. The van der Waals surface area contributed by atoms with Crippen LogP contribution in [0.3, 0.4) is 0 Å². The van der Waals surface area contributed by atoms with Crippen molar-refractivity contribution in [1.82, 2.24) is 0 Å². The Morgan fingerprint density at radius 2 is 1.95 bits per heavy atom. The second-order valence-electron chi connectivity index (χ2n) is 4.10. The summed E-state index contributed by atoms with van der Waals surface area (Å²) in [6, 6.07) is 4.04. The van der Waals surface area contributed by atoms with Crippen molar-refractivity contribution in [3.63, 3.8) is 0 Å².